The number of aryl methyl sites for hydroxylation is 1. The van der Waals surface area contributed by atoms with Crippen LogP contribution in [0.2, 0.25) is 0 Å². The molecule has 2 heterocycles. The van der Waals surface area contributed by atoms with Gasteiger partial charge in [0.1, 0.15) is 0 Å². The van der Waals surface area contributed by atoms with Crippen LogP contribution in [0.4, 0.5) is 0 Å². The third-order valence-corrected chi connectivity index (χ3v) is 3.90. The molecule has 0 radical (unpaired) electrons. The molecule has 1 aromatic heterocycles. The molecule has 0 aliphatic carbocycles. The van der Waals surface area contributed by atoms with Gasteiger partial charge in [0, 0.05) is 30.9 Å². The number of nitrogens with zero attached hydrogens (tertiary/aromatic N) is 3. The standard InChI is InChI=1S/C13H24N4/c1-4-12(14)13(11-8-15-16(3)9-11)17-7-5-6-10(17)2/h8-10,12-13H,4-7,14H2,1-3H3. The van der Waals surface area contributed by atoms with Crippen LogP contribution >= 0.6 is 0 Å². The van der Waals surface area contributed by atoms with Crippen LogP contribution in [-0.4, -0.2) is 33.3 Å². The normalized spacial score (nSPS) is 25.1. The van der Waals surface area contributed by atoms with Gasteiger partial charge in [0.05, 0.1) is 12.2 Å². The van der Waals surface area contributed by atoms with Crippen LogP contribution in [0.25, 0.3) is 0 Å². The fourth-order valence-electron chi connectivity index (χ4n) is 2.87. The van der Waals surface area contributed by atoms with Crippen molar-refractivity contribution in [1.82, 2.24) is 14.7 Å². The molecular formula is C13H24N4. The molecule has 1 saturated heterocycles. The van der Waals surface area contributed by atoms with Crippen molar-refractivity contribution in [3.05, 3.63) is 18.0 Å². The molecule has 3 atom stereocenters. The fourth-order valence-corrected chi connectivity index (χ4v) is 2.87. The van der Waals surface area contributed by atoms with Gasteiger partial charge in [-0.2, -0.15) is 5.10 Å². The lowest BCUT2D eigenvalue weighted by atomic mass is 9.98. The molecule has 1 aromatic rings. The van der Waals surface area contributed by atoms with Crippen molar-refractivity contribution in [1.29, 1.82) is 0 Å². The fraction of sp³-hybridized carbons (Fsp3) is 0.769. The number of likely N-dealkylation sites (tertiary alicyclic amines) is 1. The summed E-state index contributed by atoms with van der Waals surface area (Å²) < 4.78 is 1.87. The summed E-state index contributed by atoms with van der Waals surface area (Å²) in [6, 6.07) is 1.16. The Morgan fingerprint density at radius 1 is 1.59 bits per heavy atom. The van der Waals surface area contributed by atoms with Gasteiger partial charge in [-0.15, -0.1) is 0 Å². The second-order valence-electron chi connectivity index (χ2n) is 5.19. The molecule has 1 fully saturated rings. The molecule has 4 heteroatoms. The molecule has 3 unspecified atom stereocenters. The molecule has 2 rings (SSSR count). The lowest BCUT2D eigenvalue weighted by Gasteiger charge is -2.34. The quantitative estimate of drug-likeness (QED) is 0.865. The third kappa shape index (κ3) is 2.53. The predicted octanol–water partition coefficient (Wildman–Crippen LogP) is 1.68. The van der Waals surface area contributed by atoms with E-state index in [0.717, 1.165) is 13.0 Å². The monoisotopic (exact) mass is 236 g/mol. The van der Waals surface area contributed by atoms with E-state index in [1.54, 1.807) is 0 Å². The average Bonchev–Trinajstić information content (AvgIpc) is 2.90. The van der Waals surface area contributed by atoms with Gasteiger partial charge in [-0.3, -0.25) is 9.58 Å². The van der Waals surface area contributed by atoms with Crippen LogP contribution in [0.15, 0.2) is 12.4 Å². The highest BCUT2D eigenvalue weighted by atomic mass is 15.3. The van der Waals surface area contributed by atoms with Crippen LogP contribution in [0.5, 0.6) is 0 Å². The maximum absolute atomic E-state index is 6.32. The summed E-state index contributed by atoms with van der Waals surface area (Å²) in [4.78, 5) is 2.55. The van der Waals surface area contributed by atoms with E-state index in [0.29, 0.717) is 12.1 Å². The first kappa shape index (κ1) is 12.6. The van der Waals surface area contributed by atoms with Gasteiger partial charge in [-0.25, -0.2) is 0 Å². The summed E-state index contributed by atoms with van der Waals surface area (Å²) in [6.07, 6.45) is 7.64. The molecule has 0 amide bonds. The third-order valence-electron chi connectivity index (χ3n) is 3.90. The van der Waals surface area contributed by atoms with Crippen LogP contribution < -0.4 is 5.73 Å². The Kier molecular flexibility index (Phi) is 3.84. The van der Waals surface area contributed by atoms with Gasteiger partial charge in [0.25, 0.3) is 0 Å². The van der Waals surface area contributed by atoms with E-state index in [9.17, 15) is 0 Å². The summed E-state index contributed by atoms with van der Waals surface area (Å²) >= 11 is 0. The highest BCUT2D eigenvalue weighted by molar-refractivity contribution is 5.14. The van der Waals surface area contributed by atoms with Crippen LogP contribution in [0.3, 0.4) is 0 Å². The van der Waals surface area contributed by atoms with Crippen molar-refractivity contribution in [2.75, 3.05) is 6.54 Å². The largest absolute Gasteiger partial charge is 0.326 e. The van der Waals surface area contributed by atoms with E-state index in [1.165, 1.54) is 18.4 Å². The second kappa shape index (κ2) is 5.19. The van der Waals surface area contributed by atoms with Crippen LogP contribution in [0.1, 0.15) is 44.7 Å². The van der Waals surface area contributed by atoms with Crippen LogP contribution in [0, 0.1) is 0 Å². The topological polar surface area (TPSA) is 47.1 Å². The highest BCUT2D eigenvalue weighted by Gasteiger charge is 2.32. The molecule has 4 nitrogen and oxygen atoms in total. The number of rotatable bonds is 4. The SMILES string of the molecule is CCC(N)C(c1cnn(C)c1)N1CCCC1C. The van der Waals surface area contributed by atoms with Gasteiger partial charge >= 0.3 is 0 Å². The first-order valence-corrected chi connectivity index (χ1v) is 6.63. The Hall–Kier alpha value is -0.870. The molecule has 0 bridgehead atoms. The Balaban J connectivity index is 2.24. The zero-order valence-corrected chi connectivity index (χ0v) is 11.1. The van der Waals surface area contributed by atoms with E-state index in [2.05, 4.69) is 30.0 Å². The molecule has 2 N–H and O–H groups in total. The van der Waals surface area contributed by atoms with Crippen molar-refractivity contribution < 1.29 is 0 Å². The molecule has 0 spiro atoms. The van der Waals surface area contributed by atoms with Crippen molar-refractivity contribution in [3.63, 3.8) is 0 Å². The minimum atomic E-state index is 0.194. The van der Waals surface area contributed by atoms with E-state index in [-0.39, 0.29) is 6.04 Å². The van der Waals surface area contributed by atoms with E-state index in [1.807, 2.05) is 17.9 Å². The first-order chi connectivity index (χ1) is 8.13. The zero-order chi connectivity index (χ0) is 12.4. The van der Waals surface area contributed by atoms with Gasteiger partial charge in [-0.1, -0.05) is 6.92 Å². The molecule has 1 aliphatic rings. The summed E-state index contributed by atoms with van der Waals surface area (Å²) in [5, 5.41) is 4.29. The molecule has 17 heavy (non-hydrogen) atoms. The Morgan fingerprint density at radius 3 is 2.82 bits per heavy atom. The Morgan fingerprint density at radius 2 is 2.35 bits per heavy atom. The first-order valence-electron chi connectivity index (χ1n) is 6.63. The summed E-state index contributed by atoms with van der Waals surface area (Å²) in [6.45, 7) is 5.63. The smallest absolute Gasteiger partial charge is 0.0538 e. The number of aromatic nitrogens is 2. The number of nitrogens with two attached hydrogens (primary N) is 1. The maximum Gasteiger partial charge on any atom is 0.0538 e. The van der Waals surface area contributed by atoms with E-state index < -0.39 is 0 Å². The van der Waals surface area contributed by atoms with E-state index in [4.69, 9.17) is 5.73 Å². The van der Waals surface area contributed by atoms with Crippen molar-refractivity contribution in [2.45, 2.75) is 51.2 Å². The van der Waals surface area contributed by atoms with Gasteiger partial charge in [0.15, 0.2) is 0 Å². The minimum Gasteiger partial charge on any atom is -0.326 e. The molecule has 1 aliphatic heterocycles. The summed E-state index contributed by atoms with van der Waals surface area (Å²) in [5.41, 5.74) is 7.58. The maximum atomic E-state index is 6.32. The van der Waals surface area contributed by atoms with Gasteiger partial charge in [0.2, 0.25) is 0 Å². The second-order valence-corrected chi connectivity index (χ2v) is 5.19. The molecule has 96 valence electrons. The Bertz CT molecular complexity index is 360. The van der Waals surface area contributed by atoms with Crippen molar-refractivity contribution >= 4 is 0 Å². The van der Waals surface area contributed by atoms with Gasteiger partial charge < -0.3 is 5.73 Å². The Labute approximate surface area is 104 Å². The highest BCUT2D eigenvalue weighted by Crippen LogP contribution is 2.31. The predicted molar refractivity (Wildman–Crippen MR) is 69.6 cm³/mol. The van der Waals surface area contributed by atoms with E-state index >= 15 is 0 Å². The molecule has 0 aromatic carbocycles. The number of hydrogen-bond acceptors (Lipinski definition) is 3. The average molecular weight is 236 g/mol. The lowest BCUT2D eigenvalue weighted by molar-refractivity contribution is 0.163. The van der Waals surface area contributed by atoms with Gasteiger partial charge in [-0.05, 0) is 32.7 Å². The molecule has 0 saturated carbocycles. The summed E-state index contributed by atoms with van der Waals surface area (Å²) in [5.74, 6) is 0. The number of hydrogen-bond donors (Lipinski definition) is 1. The van der Waals surface area contributed by atoms with Crippen molar-refractivity contribution in [2.24, 2.45) is 12.8 Å². The lowest BCUT2D eigenvalue weighted by Crippen LogP contribution is -2.42. The molecular weight excluding hydrogens is 212 g/mol. The summed E-state index contributed by atoms with van der Waals surface area (Å²) in [7, 11) is 1.96. The zero-order valence-electron chi connectivity index (χ0n) is 11.1. The van der Waals surface area contributed by atoms with Crippen molar-refractivity contribution in [3.8, 4) is 0 Å². The minimum absolute atomic E-state index is 0.194. The van der Waals surface area contributed by atoms with Crippen LogP contribution in [-0.2, 0) is 7.05 Å².